The minimum atomic E-state index is -1.27. The molecule has 2 aromatic rings. The van der Waals surface area contributed by atoms with Gasteiger partial charge in [0.1, 0.15) is 0 Å². The molecular formula is C11H12N4O3. The highest BCUT2D eigenvalue weighted by molar-refractivity contribution is 5.96. The number of rotatable bonds is 1. The lowest BCUT2D eigenvalue weighted by molar-refractivity contribution is 0.209. The summed E-state index contributed by atoms with van der Waals surface area (Å²) in [6.45, 7) is 1.84. The van der Waals surface area contributed by atoms with Crippen LogP contribution in [0, 0.1) is 6.92 Å². The van der Waals surface area contributed by atoms with E-state index in [0.29, 0.717) is 11.0 Å². The first-order chi connectivity index (χ1) is 8.54. The molecule has 0 aliphatic heterocycles. The van der Waals surface area contributed by atoms with E-state index in [0.717, 1.165) is 5.56 Å². The van der Waals surface area contributed by atoms with Crippen LogP contribution >= 0.6 is 0 Å². The van der Waals surface area contributed by atoms with Crippen LogP contribution in [0.5, 0.6) is 0 Å². The topological polar surface area (TPSA) is 96.2 Å². The Balaban J connectivity index is 2.72. The van der Waals surface area contributed by atoms with Gasteiger partial charge in [-0.1, -0.05) is 12.1 Å². The van der Waals surface area contributed by atoms with Crippen molar-refractivity contribution >= 4 is 29.1 Å². The average molecular weight is 248 g/mol. The molecule has 2 amide bonds. The number of fused-ring (bicyclic) bond motifs is 1. The van der Waals surface area contributed by atoms with Gasteiger partial charge in [-0.05, 0) is 18.6 Å². The van der Waals surface area contributed by atoms with Crippen molar-refractivity contribution in [3.8, 4) is 0 Å². The fourth-order valence-corrected chi connectivity index (χ4v) is 1.74. The minimum absolute atomic E-state index is 0.0221. The SMILES string of the molecule is CNC(=O)n1c(NC(=O)O)nc2c(C)cccc21. The molecule has 7 heteroatoms. The van der Waals surface area contributed by atoms with E-state index in [1.165, 1.54) is 11.6 Å². The van der Waals surface area contributed by atoms with E-state index in [1.807, 2.05) is 13.0 Å². The number of nitrogens with one attached hydrogen (secondary N) is 2. The fourth-order valence-electron chi connectivity index (χ4n) is 1.74. The Morgan fingerprint density at radius 3 is 2.72 bits per heavy atom. The van der Waals surface area contributed by atoms with Crippen molar-refractivity contribution in [3.63, 3.8) is 0 Å². The number of hydrogen-bond acceptors (Lipinski definition) is 3. The molecule has 0 spiro atoms. The Hall–Kier alpha value is -2.57. The molecule has 0 atom stereocenters. The number of anilines is 1. The highest BCUT2D eigenvalue weighted by Gasteiger charge is 2.18. The van der Waals surface area contributed by atoms with Crippen LogP contribution in [-0.4, -0.2) is 33.8 Å². The maximum absolute atomic E-state index is 11.8. The molecule has 0 radical (unpaired) electrons. The zero-order valence-corrected chi connectivity index (χ0v) is 9.89. The number of amides is 2. The molecule has 94 valence electrons. The van der Waals surface area contributed by atoms with Gasteiger partial charge in [-0.25, -0.2) is 19.1 Å². The Morgan fingerprint density at radius 2 is 2.11 bits per heavy atom. The average Bonchev–Trinajstić information content (AvgIpc) is 2.67. The van der Waals surface area contributed by atoms with Gasteiger partial charge in [0, 0.05) is 7.05 Å². The van der Waals surface area contributed by atoms with Gasteiger partial charge >= 0.3 is 12.1 Å². The Bertz CT molecular complexity index is 632. The van der Waals surface area contributed by atoms with Crippen LogP contribution in [0.4, 0.5) is 15.5 Å². The van der Waals surface area contributed by atoms with E-state index in [9.17, 15) is 9.59 Å². The Morgan fingerprint density at radius 1 is 1.39 bits per heavy atom. The van der Waals surface area contributed by atoms with Crippen molar-refractivity contribution in [2.45, 2.75) is 6.92 Å². The molecule has 2 rings (SSSR count). The van der Waals surface area contributed by atoms with E-state index in [1.54, 1.807) is 12.1 Å². The van der Waals surface area contributed by atoms with Crippen LogP contribution in [0.25, 0.3) is 11.0 Å². The second kappa shape index (κ2) is 4.36. The number of nitrogens with zero attached hydrogens (tertiary/aromatic N) is 2. The fraction of sp³-hybridized carbons (Fsp3) is 0.182. The largest absolute Gasteiger partial charge is 0.465 e. The summed E-state index contributed by atoms with van der Waals surface area (Å²) in [5.74, 6) is -0.0221. The predicted molar refractivity (Wildman–Crippen MR) is 66.0 cm³/mol. The van der Waals surface area contributed by atoms with E-state index >= 15 is 0 Å². The molecule has 0 bridgehead atoms. The molecule has 0 saturated heterocycles. The molecular weight excluding hydrogens is 236 g/mol. The lowest BCUT2D eigenvalue weighted by Crippen LogP contribution is -2.26. The van der Waals surface area contributed by atoms with Crippen LogP contribution in [-0.2, 0) is 0 Å². The monoisotopic (exact) mass is 248 g/mol. The summed E-state index contributed by atoms with van der Waals surface area (Å²) in [5, 5.41) is 13.3. The molecule has 3 N–H and O–H groups in total. The van der Waals surface area contributed by atoms with Crippen LogP contribution < -0.4 is 10.6 Å². The van der Waals surface area contributed by atoms with Gasteiger partial charge in [-0.3, -0.25) is 5.32 Å². The highest BCUT2D eigenvalue weighted by atomic mass is 16.4. The van der Waals surface area contributed by atoms with E-state index < -0.39 is 12.1 Å². The standard InChI is InChI=1S/C11H12N4O3/c1-6-4-3-5-7-8(6)13-9(14-11(17)18)15(7)10(16)12-2/h3-5H,1-2H3,(H,12,16)(H,13,14)(H,17,18). The molecule has 7 nitrogen and oxygen atoms in total. The summed E-state index contributed by atoms with van der Waals surface area (Å²) in [7, 11) is 1.47. The number of carbonyl (C=O) groups excluding carboxylic acids is 1. The van der Waals surface area contributed by atoms with Crippen molar-refractivity contribution in [1.29, 1.82) is 0 Å². The van der Waals surface area contributed by atoms with Gasteiger partial charge in [-0.2, -0.15) is 0 Å². The van der Waals surface area contributed by atoms with E-state index in [-0.39, 0.29) is 5.95 Å². The minimum Gasteiger partial charge on any atom is -0.465 e. The second-order valence-electron chi connectivity index (χ2n) is 3.70. The van der Waals surface area contributed by atoms with Gasteiger partial charge in [0.05, 0.1) is 11.0 Å². The molecule has 1 aromatic heterocycles. The third-order valence-electron chi connectivity index (χ3n) is 2.52. The lowest BCUT2D eigenvalue weighted by Gasteiger charge is -2.05. The van der Waals surface area contributed by atoms with Gasteiger partial charge < -0.3 is 10.4 Å². The number of para-hydroxylation sites is 1. The zero-order valence-electron chi connectivity index (χ0n) is 9.89. The third-order valence-corrected chi connectivity index (χ3v) is 2.52. The van der Waals surface area contributed by atoms with Crippen LogP contribution in [0.3, 0.4) is 0 Å². The van der Waals surface area contributed by atoms with Crippen molar-refractivity contribution in [3.05, 3.63) is 23.8 Å². The molecule has 1 heterocycles. The van der Waals surface area contributed by atoms with Gasteiger partial charge in [0.25, 0.3) is 0 Å². The number of hydrogen-bond donors (Lipinski definition) is 3. The van der Waals surface area contributed by atoms with Crippen molar-refractivity contribution in [1.82, 2.24) is 14.9 Å². The first-order valence-electron chi connectivity index (χ1n) is 5.24. The Kier molecular flexibility index (Phi) is 2.88. The summed E-state index contributed by atoms with van der Waals surface area (Å²) >= 11 is 0. The molecule has 1 aromatic carbocycles. The molecule has 0 aliphatic rings. The quantitative estimate of drug-likeness (QED) is 0.714. The van der Waals surface area contributed by atoms with Crippen LogP contribution in [0.2, 0.25) is 0 Å². The number of benzene rings is 1. The lowest BCUT2D eigenvalue weighted by atomic mass is 10.2. The summed E-state index contributed by atoms with van der Waals surface area (Å²) < 4.78 is 1.19. The molecule has 0 unspecified atom stereocenters. The van der Waals surface area contributed by atoms with E-state index in [2.05, 4.69) is 15.6 Å². The van der Waals surface area contributed by atoms with Gasteiger partial charge in [-0.15, -0.1) is 0 Å². The summed E-state index contributed by atoms with van der Waals surface area (Å²) in [6, 6.07) is 4.88. The first kappa shape index (κ1) is 11.9. The van der Waals surface area contributed by atoms with Crippen molar-refractivity contribution < 1.29 is 14.7 Å². The number of carboxylic acid groups (broad SMARTS) is 1. The van der Waals surface area contributed by atoms with Gasteiger partial charge in [0.2, 0.25) is 5.95 Å². The number of aryl methyl sites for hydroxylation is 1. The molecule has 0 fully saturated rings. The maximum Gasteiger partial charge on any atom is 0.411 e. The highest BCUT2D eigenvalue weighted by Crippen LogP contribution is 2.22. The first-order valence-corrected chi connectivity index (χ1v) is 5.24. The number of imidazole rings is 1. The zero-order chi connectivity index (χ0) is 13.3. The Labute approximate surface area is 102 Å². The maximum atomic E-state index is 11.8. The third kappa shape index (κ3) is 1.86. The van der Waals surface area contributed by atoms with E-state index in [4.69, 9.17) is 5.11 Å². The normalized spacial score (nSPS) is 10.3. The predicted octanol–water partition coefficient (Wildman–Crippen LogP) is 1.62. The smallest absolute Gasteiger partial charge is 0.411 e. The number of aromatic nitrogens is 2. The summed E-state index contributed by atoms with van der Waals surface area (Å²) in [6.07, 6.45) is -1.27. The second-order valence-corrected chi connectivity index (χ2v) is 3.70. The van der Waals surface area contributed by atoms with Crippen molar-refractivity contribution in [2.24, 2.45) is 0 Å². The van der Waals surface area contributed by atoms with Crippen LogP contribution in [0.1, 0.15) is 5.56 Å². The summed E-state index contributed by atoms with van der Waals surface area (Å²) in [4.78, 5) is 26.6. The van der Waals surface area contributed by atoms with Crippen LogP contribution in [0.15, 0.2) is 18.2 Å². The van der Waals surface area contributed by atoms with Crippen molar-refractivity contribution in [2.75, 3.05) is 12.4 Å². The summed E-state index contributed by atoms with van der Waals surface area (Å²) in [5.41, 5.74) is 2.01. The molecule has 0 saturated carbocycles. The molecule has 18 heavy (non-hydrogen) atoms. The number of carbonyl (C=O) groups is 2. The van der Waals surface area contributed by atoms with Gasteiger partial charge in [0.15, 0.2) is 0 Å². The molecule has 0 aliphatic carbocycles.